The van der Waals surface area contributed by atoms with E-state index in [1.54, 1.807) is 0 Å². The Hall–Kier alpha value is -0.460. The minimum Gasteiger partial charge on any atom is -0.275 e. The van der Waals surface area contributed by atoms with E-state index in [0.29, 0.717) is 0 Å². The SMILES string of the molecule is CCC(F)(OC(C)(F)F)C(F)(F)F. The Morgan fingerprint density at radius 2 is 1.38 bits per heavy atom. The van der Waals surface area contributed by atoms with Crippen LogP contribution in [0, 0.1) is 0 Å². The summed E-state index contributed by atoms with van der Waals surface area (Å²) in [6.07, 6.45) is -10.8. The molecule has 0 aromatic heterocycles. The van der Waals surface area contributed by atoms with Crippen molar-refractivity contribution in [3.63, 3.8) is 0 Å². The van der Waals surface area contributed by atoms with E-state index in [-0.39, 0.29) is 6.92 Å². The first-order chi connectivity index (χ1) is 5.52. The summed E-state index contributed by atoms with van der Waals surface area (Å²) in [6.45, 7) is 0.808. The summed E-state index contributed by atoms with van der Waals surface area (Å²) >= 11 is 0. The topological polar surface area (TPSA) is 9.23 Å². The molecule has 80 valence electrons. The van der Waals surface area contributed by atoms with E-state index < -0.39 is 24.6 Å². The van der Waals surface area contributed by atoms with Crippen molar-refractivity contribution < 1.29 is 31.1 Å². The van der Waals surface area contributed by atoms with Gasteiger partial charge in [-0.25, -0.2) is 4.39 Å². The molecule has 0 aliphatic rings. The third-order valence-corrected chi connectivity index (χ3v) is 1.22. The van der Waals surface area contributed by atoms with Gasteiger partial charge in [-0.3, -0.25) is 4.74 Å². The van der Waals surface area contributed by atoms with Gasteiger partial charge in [-0.1, -0.05) is 6.92 Å². The molecule has 0 saturated carbocycles. The molecule has 1 unspecified atom stereocenters. The lowest BCUT2D eigenvalue weighted by molar-refractivity contribution is -0.406. The maximum atomic E-state index is 12.7. The fraction of sp³-hybridized carbons (Fsp3) is 1.00. The predicted molar refractivity (Wildman–Crippen MR) is 31.9 cm³/mol. The molecule has 1 nitrogen and oxygen atoms in total. The second kappa shape index (κ2) is 3.36. The van der Waals surface area contributed by atoms with Crippen LogP contribution in [0.3, 0.4) is 0 Å². The molecule has 0 aliphatic heterocycles. The summed E-state index contributed by atoms with van der Waals surface area (Å²) in [5.41, 5.74) is 0. The van der Waals surface area contributed by atoms with Crippen molar-refractivity contribution in [3.8, 4) is 0 Å². The van der Waals surface area contributed by atoms with E-state index in [0.717, 1.165) is 6.92 Å². The Bertz CT molecular complexity index is 171. The van der Waals surface area contributed by atoms with Crippen LogP contribution in [0.15, 0.2) is 0 Å². The van der Waals surface area contributed by atoms with Crippen molar-refractivity contribution in [2.75, 3.05) is 0 Å². The van der Waals surface area contributed by atoms with Crippen LogP contribution in [0.25, 0.3) is 0 Å². The lowest BCUT2D eigenvalue weighted by Gasteiger charge is -2.29. The van der Waals surface area contributed by atoms with Gasteiger partial charge in [0.15, 0.2) is 0 Å². The lowest BCUT2D eigenvalue weighted by atomic mass is 10.2. The molecule has 0 aliphatic carbocycles. The van der Waals surface area contributed by atoms with Gasteiger partial charge in [0, 0.05) is 13.3 Å². The molecule has 0 amide bonds. The molecule has 0 aromatic carbocycles. The Balaban J connectivity index is 4.67. The standard InChI is InChI=1S/C6H8F6O/c1-3-5(9,6(10,11)12)13-4(2,7)8/h3H2,1-2H3. The number of rotatable bonds is 3. The lowest BCUT2D eigenvalue weighted by Crippen LogP contribution is -2.46. The molecule has 1 atom stereocenters. The van der Waals surface area contributed by atoms with E-state index >= 15 is 0 Å². The van der Waals surface area contributed by atoms with Crippen molar-refractivity contribution in [3.05, 3.63) is 0 Å². The van der Waals surface area contributed by atoms with Crippen LogP contribution in [0.4, 0.5) is 26.3 Å². The zero-order valence-electron chi connectivity index (χ0n) is 6.88. The first-order valence-corrected chi connectivity index (χ1v) is 3.35. The molecule has 0 spiro atoms. The molecule has 0 radical (unpaired) electrons. The second-order valence-corrected chi connectivity index (χ2v) is 2.49. The summed E-state index contributed by atoms with van der Waals surface area (Å²) < 4.78 is 75.1. The minimum atomic E-state index is -5.46. The molecule has 0 aromatic rings. The highest BCUT2D eigenvalue weighted by Gasteiger charge is 2.59. The number of halogens is 6. The van der Waals surface area contributed by atoms with Crippen LogP contribution in [0.2, 0.25) is 0 Å². The van der Waals surface area contributed by atoms with Crippen LogP contribution >= 0.6 is 0 Å². The average Bonchev–Trinajstić information content (AvgIpc) is 1.81. The van der Waals surface area contributed by atoms with Gasteiger partial charge in [0.2, 0.25) is 0 Å². The minimum absolute atomic E-state index is 0.0444. The van der Waals surface area contributed by atoms with Crippen LogP contribution in [0.5, 0.6) is 0 Å². The van der Waals surface area contributed by atoms with Crippen LogP contribution in [0.1, 0.15) is 20.3 Å². The van der Waals surface area contributed by atoms with Crippen molar-refractivity contribution >= 4 is 0 Å². The van der Waals surface area contributed by atoms with E-state index in [9.17, 15) is 26.3 Å². The number of alkyl halides is 6. The van der Waals surface area contributed by atoms with Crippen LogP contribution < -0.4 is 0 Å². The Morgan fingerprint density at radius 1 is 1.00 bits per heavy atom. The largest absolute Gasteiger partial charge is 0.448 e. The molecule has 0 bridgehead atoms. The number of hydrogen-bond donors (Lipinski definition) is 0. The summed E-state index contributed by atoms with van der Waals surface area (Å²) in [6, 6.07) is 0. The number of hydrogen-bond acceptors (Lipinski definition) is 1. The first kappa shape index (κ1) is 12.5. The summed E-state index contributed by atoms with van der Waals surface area (Å²) in [5, 5.41) is 0. The van der Waals surface area contributed by atoms with Crippen molar-refractivity contribution in [2.45, 2.75) is 38.4 Å². The fourth-order valence-electron chi connectivity index (χ4n) is 0.615. The van der Waals surface area contributed by atoms with Crippen molar-refractivity contribution in [1.29, 1.82) is 0 Å². The molecule has 0 rings (SSSR count). The van der Waals surface area contributed by atoms with Gasteiger partial charge in [0.05, 0.1) is 0 Å². The first-order valence-electron chi connectivity index (χ1n) is 3.35. The van der Waals surface area contributed by atoms with Gasteiger partial charge < -0.3 is 0 Å². The fourth-order valence-corrected chi connectivity index (χ4v) is 0.615. The zero-order valence-corrected chi connectivity index (χ0v) is 6.88. The molecule has 7 heteroatoms. The van der Waals surface area contributed by atoms with Crippen LogP contribution in [-0.4, -0.2) is 18.1 Å². The highest BCUT2D eigenvalue weighted by molar-refractivity contribution is 4.76. The van der Waals surface area contributed by atoms with E-state index in [1.165, 1.54) is 0 Å². The summed E-state index contributed by atoms with van der Waals surface area (Å²) in [4.78, 5) is 0. The van der Waals surface area contributed by atoms with Gasteiger partial charge in [-0.05, 0) is 0 Å². The molecule has 0 N–H and O–H groups in total. The maximum Gasteiger partial charge on any atom is 0.448 e. The average molecular weight is 210 g/mol. The van der Waals surface area contributed by atoms with E-state index in [2.05, 4.69) is 4.74 Å². The third kappa shape index (κ3) is 3.41. The van der Waals surface area contributed by atoms with Crippen molar-refractivity contribution in [2.24, 2.45) is 0 Å². The smallest absolute Gasteiger partial charge is 0.275 e. The molecular weight excluding hydrogens is 202 g/mol. The number of ether oxygens (including phenoxy) is 1. The summed E-state index contributed by atoms with van der Waals surface area (Å²) in [5.74, 6) is -4.29. The molecular formula is C6H8F6O. The summed E-state index contributed by atoms with van der Waals surface area (Å²) in [7, 11) is 0. The van der Waals surface area contributed by atoms with Gasteiger partial charge in [-0.15, -0.1) is 0 Å². The molecule has 0 heterocycles. The molecule has 13 heavy (non-hydrogen) atoms. The Labute approximate surface area is 70.7 Å². The second-order valence-electron chi connectivity index (χ2n) is 2.49. The van der Waals surface area contributed by atoms with Gasteiger partial charge >= 0.3 is 18.1 Å². The predicted octanol–water partition coefficient (Wildman–Crippen LogP) is 3.25. The monoisotopic (exact) mass is 210 g/mol. The van der Waals surface area contributed by atoms with Gasteiger partial charge in [0.1, 0.15) is 0 Å². The zero-order chi connectivity index (χ0) is 10.9. The highest BCUT2D eigenvalue weighted by atomic mass is 19.4. The molecule has 0 saturated heterocycles. The third-order valence-electron chi connectivity index (χ3n) is 1.22. The normalized spacial score (nSPS) is 18.5. The molecule has 0 fully saturated rings. The quantitative estimate of drug-likeness (QED) is 0.649. The highest BCUT2D eigenvalue weighted by Crippen LogP contribution is 2.41. The van der Waals surface area contributed by atoms with E-state index in [4.69, 9.17) is 0 Å². The van der Waals surface area contributed by atoms with E-state index in [1.807, 2.05) is 0 Å². The van der Waals surface area contributed by atoms with Crippen LogP contribution in [-0.2, 0) is 4.74 Å². The van der Waals surface area contributed by atoms with Gasteiger partial charge in [-0.2, -0.15) is 22.0 Å². The van der Waals surface area contributed by atoms with Gasteiger partial charge in [0.25, 0.3) is 0 Å². The Kier molecular flexibility index (Phi) is 3.24. The maximum absolute atomic E-state index is 12.7. The van der Waals surface area contributed by atoms with Crippen molar-refractivity contribution in [1.82, 2.24) is 0 Å². The Morgan fingerprint density at radius 3 is 1.46 bits per heavy atom.